The maximum atomic E-state index is 12.9. The van der Waals surface area contributed by atoms with Gasteiger partial charge in [0.25, 0.3) is 0 Å². The molecule has 2 saturated carbocycles. The molecule has 2 aromatic heterocycles. The number of aromatic nitrogens is 3. The zero-order valence-corrected chi connectivity index (χ0v) is 19.8. The van der Waals surface area contributed by atoms with E-state index in [9.17, 15) is 9.59 Å². The Morgan fingerprint density at radius 2 is 1.91 bits per heavy atom. The standard InChI is InChI=1S/C20H25N5O3.C4H10O/c1-28-20-15(3-2-9-21-20)11-25-10-8-16(24-25)23-19(27)18(22-12-26)17(13-4-5-13)14-6-7-14;1-4(2,3)5/h2-3,8-10,12-14,17-18H,4-7,11H2,1H3,(H,22,26)(H,23,24,27);5H,1-3H3. The first-order chi connectivity index (χ1) is 15.7. The molecule has 0 saturated heterocycles. The number of carbonyl (C=O) groups excluding carboxylic acids is 2. The van der Waals surface area contributed by atoms with Crippen LogP contribution in [0.2, 0.25) is 0 Å². The number of amides is 2. The Hall–Kier alpha value is -2.94. The molecule has 0 radical (unpaired) electrons. The van der Waals surface area contributed by atoms with Crippen LogP contribution in [0.4, 0.5) is 5.82 Å². The predicted octanol–water partition coefficient (Wildman–Crippen LogP) is 2.60. The molecular formula is C24H35N5O4. The van der Waals surface area contributed by atoms with E-state index in [0.717, 1.165) is 31.2 Å². The molecule has 33 heavy (non-hydrogen) atoms. The quantitative estimate of drug-likeness (QED) is 0.472. The van der Waals surface area contributed by atoms with Crippen LogP contribution in [-0.2, 0) is 16.1 Å². The number of hydrogen-bond acceptors (Lipinski definition) is 6. The Bertz CT molecular complexity index is 913. The molecule has 9 heteroatoms. The van der Waals surface area contributed by atoms with E-state index in [1.165, 1.54) is 0 Å². The number of ether oxygens (including phenoxy) is 1. The van der Waals surface area contributed by atoms with Crippen LogP contribution in [0.25, 0.3) is 0 Å². The average Bonchev–Trinajstić information content (AvgIpc) is 3.68. The number of nitrogens with one attached hydrogen (secondary N) is 2. The topological polar surface area (TPSA) is 118 Å². The van der Waals surface area contributed by atoms with Gasteiger partial charge in [-0.3, -0.25) is 14.3 Å². The molecule has 2 amide bonds. The molecule has 0 aliphatic heterocycles. The SMILES string of the molecule is CC(C)(C)O.COc1ncccc1Cn1ccc(NC(=O)C(NC=O)C(C2CC2)C2CC2)n1. The Morgan fingerprint density at radius 3 is 2.45 bits per heavy atom. The normalized spacial score (nSPS) is 16.4. The second-order valence-corrected chi connectivity index (χ2v) is 9.74. The van der Waals surface area contributed by atoms with Crippen molar-refractivity contribution in [1.82, 2.24) is 20.1 Å². The molecule has 0 spiro atoms. The lowest BCUT2D eigenvalue weighted by Gasteiger charge is -2.25. The maximum Gasteiger partial charge on any atom is 0.248 e. The third-order valence-electron chi connectivity index (χ3n) is 5.52. The van der Waals surface area contributed by atoms with Crippen LogP contribution in [0.5, 0.6) is 5.88 Å². The fourth-order valence-corrected chi connectivity index (χ4v) is 3.95. The number of pyridine rings is 1. The van der Waals surface area contributed by atoms with Crippen molar-refractivity contribution in [3.05, 3.63) is 36.2 Å². The number of rotatable bonds is 10. The molecule has 1 unspecified atom stereocenters. The maximum absolute atomic E-state index is 12.9. The van der Waals surface area contributed by atoms with Gasteiger partial charge in [-0.2, -0.15) is 5.10 Å². The van der Waals surface area contributed by atoms with Gasteiger partial charge in [-0.25, -0.2) is 4.98 Å². The van der Waals surface area contributed by atoms with E-state index in [0.29, 0.717) is 36.5 Å². The highest BCUT2D eigenvalue weighted by molar-refractivity contribution is 5.95. The smallest absolute Gasteiger partial charge is 0.248 e. The number of carbonyl (C=O) groups is 2. The number of nitrogens with zero attached hydrogens (tertiary/aromatic N) is 3. The summed E-state index contributed by atoms with van der Waals surface area (Å²) in [6.07, 6.45) is 8.69. The van der Waals surface area contributed by atoms with E-state index in [4.69, 9.17) is 9.84 Å². The minimum Gasteiger partial charge on any atom is -0.481 e. The summed E-state index contributed by atoms with van der Waals surface area (Å²) in [6.45, 7) is 5.71. The summed E-state index contributed by atoms with van der Waals surface area (Å²) in [5, 5.41) is 18.6. The fourth-order valence-electron chi connectivity index (χ4n) is 3.95. The molecule has 2 fully saturated rings. The minimum absolute atomic E-state index is 0.194. The molecular weight excluding hydrogens is 422 g/mol. The lowest BCUT2D eigenvalue weighted by atomic mass is 9.89. The summed E-state index contributed by atoms with van der Waals surface area (Å²) < 4.78 is 6.99. The summed E-state index contributed by atoms with van der Waals surface area (Å²) in [5.74, 6) is 2.15. The summed E-state index contributed by atoms with van der Waals surface area (Å²) in [6, 6.07) is 5.02. The highest BCUT2D eigenvalue weighted by atomic mass is 16.5. The number of anilines is 1. The summed E-state index contributed by atoms with van der Waals surface area (Å²) in [4.78, 5) is 28.1. The monoisotopic (exact) mass is 457 g/mol. The van der Waals surface area contributed by atoms with Crippen LogP contribution in [0, 0.1) is 17.8 Å². The van der Waals surface area contributed by atoms with Crippen LogP contribution in [-0.4, -0.2) is 50.9 Å². The first-order valence-corrected chi connectivity index (χ1v) is 11.4. The molecule has 2 heterocycles. The van der Waals surface area contributed by atoms with E-state index in [1.54, 1.807) is 51.0 Å². The van der Waals surface area contributed by atoms with Gasteiger partial charge in [-0.15, -0.1) is 0 Å². The second kappa shape index (κ2) is 10.8. The van der Waals surface area contributed by atoms with Crippen molar-refractivity contribution >= 4 is 18.1 Å². The van der Waals surface area contributed by atoms with Crippen LogP contribution < -0.4 is 15.4 Å². The van der Waals surface area contributed by atoms with Crippen molar-refractivity contribution in [2.45, 2.75) is 64.6 Å². The van der Waals surface area contributed by atoms with Gasteiger partial charge in [-0.1, -0.05) is 6.07 Å². The first kappa shape index (κ1) is 24.7. The van der Waals surface area contributed by atoms with Crippen molar-refractivity contribution in [2.75, 3.05) is 12.4 Å². The lowest BCUT2D eigenvalue weighted by molar-refractivity contribution is -0.123. The Kier molecular flexibility index (Phi) is 8.07. The zero-order chi connectivity index (χ0) is 24.0. The molecule has 2 aromatic rings. The van der Waals surface area contributed by atoms with Gasteiger partial charge in [0.05, 0.1) is 19.3 Å². The van der Waals surface area contributed by atoms with Crippen molar-refractivity contribution in [2.24, 2.45) is 17.8 Å². The molecule has 9 nitrogen and oxygen atoms in total. The fraction of sp³-hybridized carbons (Fsp3) is 0.583. The van der Waals surface area contributed by atoms with Crippen LogP contribution in [0.1, 0.15) is 52.0 Å². The zero-order valence-electron chi connectivity index (χ0n) is 19.8. The first-order valence-electron chi connectivity index (χ1n) is 11.4. The molecule has 2 aliphatic carbocycles. The molecule has 1 atom stereocenters. The van der Waals surface area contributed by atoms with Gasteiger partial charge in [-0.05, 0) is 70.3 Å². The van der Waals surface area contributed by atoms with Crippen molar-refractivity contribution in [3.63, 3.8) is 0 Å². The van der Waals surface area contributed by atoms with Gasteiger partial charge in [0.1, 0.15) is 6.04 Å². The van der Waals surface area contributed by atoms with E-state index < -0.39 is 11.6 Å². The van der Waals surface area contributed by atoms with Crippen molar-refractivity contribution < 1.29 is 19.4 Å². The third kappa shape index (κ3) is 7.85. The summed E-state index contributed by atoms with van der Waals surface area (Å²) in [5.41, 5.74) is 0.397. The lowest BCUT2D eigenvalue weighted by Crippen LogP contribution is -2.47. The van der Waals surface area contributed by atoms with E-state index in [-0.39, 0.29) is 11.8 Å². The number of aliphatic hydroxyl groups is 1. The summed E-state index contributed by atoms with van der Waals surface area (Å²) in [7, 11) is 1.58. The number of hydrogen-bond donors (Lipinski definition) is 3. The molecule has 180 valence electrons. The Morgan fingerprint density at radius 1 is 1.27 bits per heavy atom. The van der Waals surface area contributed by atoms with Crippen molar-refractivity contribution in [3.8, 4) is 5.88 Å². The van der Waals surface area contributed by atoms with Crippen LogP contribution in [0.15, 0.2) is 30.6 Å². The molecule has 3 N–H and O–H groups in total. The van der Waals surface area contributed by atoms with Gasteiger partial charge >= 0.3 is 0 Å². The van der Waals surface area contributed by atoms with Crippen LogP contribution in [0.3, 0.4) is 0 Å². The largest absolute Gasteiger partial charge is 0.481 e. The highest BCUT2D eigenvalue weighted by Gasteiger charge is 2.47. The molecule has 2 aliphatic rings. The van der Waals surface area contributed by atoms with Crippen molar-refractivity contribution in [1.29, 1.82) is 0 Å². The number of methoxy groups -OCH3 is 1. The highest BCUT2D eigenvalue weighted by Crippen LogP contribution is 2.50. The Labute approximate surface area is 194 Å². The van der Waals surface area contributed by atoms with Gasteiger partial charge in [0.2, 0.25) is 18.2 Å². The van der Waals surface area contributed by atoms with E-state index >= 15 is 0 Å². The van der Waals surface area contributed by atoms with Crippen LogP contribution >= 0.6 is 0 Å². The van der Waals surface area contributed by atoms with E-state index in [1.807, 2.05) is 12.1 Å². The molecule has 0 aromatic carbocycles. The van der Waals surface area contributed by atoms with Gasteiger partial charge < -0.3 is 20.5 Å². The van der Waals surface area contributed by atoms with Gasteiger partial charge in [0, 0.05) is 24.0 Å². The minimum atomic E-state index is -0.500. The predicted molar refractivity (Wildman–Crippen MR) is 125 cm³/mol. The molecule has 4 rings (SSSR count). The van der Waals surface area contributed by atoms with Gasteiger partial charge in [0.15, 0.2) is 5.82 Å². The average molecular weight is 458 g/mol. The Balaban J connectivity index is 0.000000555. The summed E-state index contributed by atoms with van der Waals surface area (Å²) >= 11 is 0. The molecule has 0 bridgehead atoms. The van der Waals surface area contributed by atoms with E-state index in [2.05, 4.69) is 20.7 Å². The third-order valence-corrected chi connectivity index (χ3v) is 5.52. The second-order valence-electron chi connectivity index (χ2n) is 9.74.